The molecule has 0 unspecified atom stereocenters. The molecule has 0 spiro atoms. The number of rotatable bonds is 9. The van der Waals surface area contributed by atoms with Crippen LogP contribution in [0.4, 0.5) is 0 Å². The van der Waals surface area contributed by atoms with Crippen LogP contribution in [0.5, 0.6) is 0 Å². The molecule has 26 heavy (non-hydrogen) atoms. The number of imidazole rings is 1. The largest absolute Gasteiger partial charge is 0.337 e. The van der Waals surface area contributed by atoms with E-state index in [4.69, 9.17) is 4.98 Å². The Hall–Kier alpha value is -1.75. The van der Waals surface area contributed by atoms with Gasteiger partial charge in [0.1, 0.15) is 0 Å². The summed E-state index contributed by atoms with van der Waals surface area (Å²) in [5.41, 5.74) is 3.37. The standard InChI is InChI=1S/C21H31N3OS/c1-6-15(3)24(16(4)7-2)20(25)14-26-21-22-17(5)19(23-21)13-18-11-9-8-10-12-18/h8-12,15-16H,6-7,13-14H2,1-5H3,(H,22,23)/t15-,16-/m1/s1. The van der Waals surface area contributed by atoms with Crippen molar-refractivity contribution in [2.24, 2.45) is 0 Å². The highest BCUT2D eigenvalue weighted by atomic mass is 32.2. The molecule has 1 amide bonds. The van der Waals surface area contributed by atoms with Gasteiger partial charge in [0, 0.05) is 24.2 Å². The van der Waals surface area contributed by atoms with E-state index in [0.29, 0.717) is 5.75 Å². The summed E-state index contributed by atoms with van der Waals surface area (Å²) in [6, 6.07) is 10.9. The number of nitrogens with zero attached hydrogens (tertiary/aromatic N) is 2. The number of amides is 1. The maximum atomic E-state index is 12.8. The Morgan fingerprint density at radius 1 is 1.15 bits per heavy atom. The van der Waals surface area contributed by atoms with Crippen molar-refractivity contribution in [3.05, 3.63) is 47.3 Å². The second-order valence-electron chi connectivity index (χ2n) is 6.88. The van der Waals surface area contributed by atoms with E-state index in [1.165, 1.54) is 17.3 Å². The second-order valence-corrected chi connectivity index (χ2v) is 7.84. The van der Waals surface area contributed by atoms with Gasteiger partial charge in [-0.25, -0.2) is 4.98 Å². The lowest BCUT2D eigenvalue weighted by Crippen LogP contribution is -2.45. The molecular formula is C21H31N3OS. The first-order valence-corrected chi connectivity index (χ1v) is 10.5. The van der Waals surface area contributed by atoms with Crippen molar-refractivity contribution in [3.8, 4) is 0 Å². The maximum absolute atomic E-state index is 12.8. The fourth-order valence-corrected chi connectivity index (χ4v) is 3.83. The fraction of sp³-hybridized carbons (Fsp3) is 0.524. The lowest BCUT2D eigenvalue weighted by molar-refractivity contribution is -0.132. The number of thioether (sulfide) groups is 1. The van der Waals surface area contributed by atoms with E-state index in [1.54, 1.807) is 0 Å². The summed E-state index contributed by atoms with van der Waals surface area (Å²) in [6.07, 6.45) is 2.76. The number of aryl methyl sites for hydroxylation is 1. The molecule has 0 aliphatic carbocycles. The van der Waals surface area contributed by atoms with Crippen molar-refractivity contribution < 1.29 is 4.79 Å². The first-order chi connectivity index (χ1) is 12.5. The molecule has 0 radical (unpaired) electrons. The van der Waals surface area contributed by atoms with E-state index in [1.807, 2.05) is 30.0 Å². The molecule has 1 aromatic carbocycles. The lowest BCUT2D eigenvalue weighted by atomic mass is 10.1. The normalized spacial score (nSPS) is 13.4. The van der Waals surface area contributed by atoms with E-state index in [2.05, 4.69) is 44.8 Å². The average Bonchev–Trinajstić information content (AvgIpc) is 3.00. The first-order valence-electron chi connectivity index (χ1n) is 9.49. The van der Waals surface area contributed by atoms with Crippen LogP contribution in [0.1, 0.15) is 57.5 Å². The Labute approximate surface area is 161 Å². The minimum atomic E-state index is 0.192. The van der Waals surface area contributed by atoms with Crippen molar-refractivity contribution in [1.82, 2.24) is 14.9 Å². The number of nitrogens with one attached hydrogen (secondary N) is 1. The van der Waals surface area contributed by atoms with Crippen LogP contribution in [-0.2, 0) is 11.2 Å². The van der Waals surface area contributed by atoms with Crippen molar-refractivity contribution in [3.63, 3.8) is 0 Å². The molecule has 2 rings (SSSR count). The van der Waals surface area contributed by atoms with Gasteiger partial charge in [-0.3, -0.25) is 4.79 Å². The number of carbonyl (C=O) groups is 1. The van der Waals surface area contributed by atoms with Crippen LogP contribution in [0.15, 0.2) is 35.5 Å². The van der Waals surface area contributed by atoms with E-state index < -0.39 is 0 Å². The van der Waals surface area contributed by atoms with E-state index in [9.17, 15) is 4.79 Å². The van der Waals surface area contributed by atoms with Crippen LogP contribution in [0.3, 0.4) is 0 Å². The van der Waals surface area contributed by atoms with Crippen LogP contribution < -0.4 is 0 Å². The minimum Gasteiger partial charge on any atom is -0.337 e. The van der Waals surface area contributed by atoms with E-state index in [0.717, 1.165) is 35.8 Å². The number of benzene rings is 1. The van der Waals surface area contributed by atoms with Gasteiger partial charge in [0.2, 0.25) is 5.91 Å². The number of hydrogen-bond acceptors (Lipinski definition) is 3. The number of hydrogen-bond donors (Lipinski definition) is 1. The third kappa shape index (κ3) is 5.37. The Bertz CT molecular complexity index is 689. The summed E-state index contributed by atoms with van der Waals surface area (Å²) in [5.74, 6) is 0.615. The Kier molecular flexibility index (Phi) is 7.76. The fourth-order valence-electron chi connectivity index (χ4n) is 3.02. The van der Waals surface area contributed by atoms with Crippen LogP contribution in [0.2, 0.25) is 0 Å². The number of H-pyrrole nitrogens is 1. The Morgan fingerprint density at radius 2 is 1.77 bits per heavy atom. The van der Waals surface area contributed by atoms with Gasteiger partial charge in [-0.1, -0.05) is 55.9 Å². The van der Waals surface area contributed by atoms with Gasteiger partial charge in [0.05, 0.1) is 11.4 Å². The van der Waals surface area contributed by atoms with Gasteiger partial charge < -0.3 is 9.88 Å². The van der Waals surface area contributed by atoms with E-state index in [-0.39, 0.29) is 18.0 Å². The maximum Gasteiger partial charge on any atom is 0.233 e. The van der Waals surface area contributed by atoms with Gasteiger partial charge in [0.15, 0.2) is 5.16 Å². The van der Waals surface area contributed by atoms with Gasteiger partial charge >= 0.3 is 0 Å². The molecule has 2 atom stereocenters. The SMILES string of the molecule is CC[C@@H](C)N(C(=O)CSc1nc(Cc2ccccc2)c(C)[nH]1)[C@H](C)CC. The van der Waals surface area contributed by atoms with Crippen LogP contribution in [0, 0.1) is 6.92 Å². The van der Waals surface area contributed by atoms with Crippen LogP contribution >= 0.6 is 11.8 Å². The van der Waals surface area contributed by atoms with Crippen molar-refractivity contribution in [2.75, 3.05) is 5.75 Å². The highest BCUT2D eigenvalue weighted by molar-refractivity contribution is 7.99. The average molecular weight is 374 g/mol. The lowest BCUT2D eigenvalue weighted by Gasteiger charge is -2.33. The molecule has 5 heteroatoms. The predicted octanol–water partition coefficient (Wildman–Crippen LogP) is 4.83. The Balaban J connectivity index is 2.00. The zero-order valence-corrected chi connectivity index (χ0v) is 17.4. The zero-order chi connectivity index (χ0) is 19.1. The van der Waals surface area contributed by atoms with E-state index >= 15 is 0 Å². The molecule has 0 bridgehead atoms. The van der Waals surface area contributed by atoms with Gasteiger partial charge in [-0.15, -0.1) is 0 Å². The van der Waals surface area contributed by atoms with Crippen molar-refractivity contribution >= 4 is 17.7 Å². The topological polar surface area (TPSA) is 49.0 Å². The summed E-state index contributed by atoms with van der Waals surface area (Å²) in [4.78, 5) is 22.8. The highest BCUT2D eigenvalue weighted by Gasteiger charge is 2.23. The number of carbonyl (C=O) groups excluding carboxylic acids is 1. The van der Waals surface area contributed by atoms with Gasteiger partial charge in [0.25, 0.3) is 0 Å². The summed E-state index contributed by atoms with van der Waals surface area (Å²) in [6.45, 7) is 10.6. The Morgan fingerprint density at radius 3 is 2.35 bits per heavy atom. The van der Waals surface area contributed by atoms with Crippen LogP contribution in [0.25, 0.3) is 0 Å². The molecule has 0 aliphatic heterocycles. The highest BCUT2D eigenvalue weighted by Crippen LogP contribution is 2.21. The molecule has 4 nitrogen and oxygen atoms in total. The predicted molar refractivity (Wildman–Crippen MR) is 110 cm³/mol. The molecular weight excluding hydrogens is 342 g/mol. The molecule has 142 valence electrons. The quantitative estimate of drug-likeness (QED) is 0.641. The summed E-state index contributed by atoms with van der Waals surface area (Å²) in [7, 11) is 0. The van der Waals surface area contributed by atoms with Crippen molar-refractivity contribution in [2.45, 2.75) is 71.1 Å². The molecule has 2 aromatic rings. The van der Waals surface area contributed by atoms with Gasteiger partial charge in [-0.2, -0.15) is 0 Å². The third-order valence-electron chi connectivity index (χ3n) is 4.93. The number of aromatic nitrogens is 2. The smallest absolute Gasteiger partial charge is 0.233 e. The first kappa shape index (κ1) is 20.6. The molecule has 0 saturated carbocycles. The zero-order valence-electron chi connectivity index (χ0n) is 16.6. The number of aromatic amines is 1. The summed E-state index contributed by atoms with van der Waals surface area (Å²) < 4.78 is 0. The third-order valence-corrected chi connectivity index (χ3v) is 5.79. The molecule has 0 saturated heterocycles. The second kappa shape index (κ2) is 9.81. The molecule has 1 aromatic heterocycles. The monoisotopic (exact) mass is 373 g/mol. The molecule has 1 N–H and O–H groups in total. The molecule has 0 fully saturated rings. The molecule has 0 aliphatic rings. The van der Waals surface area contributed by atoms with Crippen LogP contribution in [-0.4, -0.2) is 38.6 Å². The summed E-state index contributed by atoms with van der Waals surface area (Å²) >= 11 is 1.50. The minimum absolute atomic E-state index is 0.192. The van der Waals surface area contributed by atoms with Gasteiger partial charge in [-0.05, 0) is 39.2 Å². The van der Waals surface area contributed by atoms with Crippen molar-refractivity contribution in [1.29, 1.82) is 0 Å². The molecule has 1 heterocycles. The summed E-state index contributed by atoms with van der Waals surface area (Å²) in [5, 5.41) is 0.829.